The molecule has 5 nitrogen and oxygen atoms in total. The van der Waals surface area contributed by atoms with Crippen molar-refractivity contribution < 1.29 is 9.31 Å². The standard InChI is InChI=1S/C11H14FN3O2/c1-14(10-5-13-6-10)7-8-4-9(12)2-3-11(8)15(16)17/h2-4,10,13H,5-7H2,1H3. The third kappa shape index (κ3) is 2.59. The maximum Gasteiger partial charge on any atom is 0.274 e. The highest BCUT2D eigenvalue weighted by Crippen LogP contribution is 2.21. The van der Waals surface area contributed by atoms with Gasteiger partial charge >= 0.3 is 0 Å². The molecule has 2 rings (SSSR count). The summed E-state index contributed by atoms with van der Waals surface area (Å²) in [6.45, 7) is 2.14. The minimum atomic E-state index is -0.471. The van der Waals surface area contributed by atoms with Gasteiger partial charge in [0.25, 0.3) is 5.69 Å². The van der Waals surface area contributed by atoms with Crippen LogP contribution in [0.4, 0.5) is 10.1 Å². The largest absolute Gasteiger partial charge is 0.314 e. The summed E-state index contributed by atoms with van der Waals surface area (Å²) in [6.07, 6.45) is 0. The lowest BCUT2D eigenvalue weighted by Crippen LogP contribution is -2.55. The summed E-state index contributed by atoms with van der Waals surface area (Å²) in [4.78, 5) is 12.3. The number of nitrogens with zero attached hydrogens (tertiary/aromatic N) is 2. The van der Waals surface area contributed by atoms with Crippen LogP contribution in [0.15, 0.2) is 18.2 Å². The van der Waals surface area contributed by atoms with Crippen molar-refractivity contribution in [2.24, 2.45) is 0 Å². The molecule has 1 saturated heterocycles. The van der Waals surface area contributed by atoms with E-state index in [-0.39, 0.29) is 5.69 Å². The minimum absolute atomic E-state index is 0.0227. The van der Waals surface area contributed by atoms with E-state index in [0.717, 1.165) is 19.2 Å². The normalized spacial score (nSPS) is 15.9. The first kappa shape index (κ1) is 11.9. The first-order valence-corrected chi connectivity index (χ1v) is 5.41. The minimum Gasteiger partial charge on any atom is -0.314 e. The SMILES string of the molecule is CN(Cc1cc(F)ccc1[N+](=O)[O-])C1CNC1. The number of likely N-dealkylation sites (N-methyl/N-ethyl adjacent to an activating group) is 1. The molecule has 1 aromatic carbocycles. The van der Waals surface area contributed by atoms with Crippen molar-refractivity contribution in [3.05, 3.63) is 39.7 Å². The van der Waals surface area contributed by atoms with Crippen molar-refractivity contribution in [2.75, 3.05) is 20.1 Å². The predicted octanol–water partition coefficient (Wildman–Crippen LogP) is 1.14. The van der Waals surface area contributed by atoms with E-state index in [9.17, 15) is 14.5 Å². The Hall–Kier alpha value is -1.53. The number of nitro benzene ring substituents is 1. The summed E-state index contributed by atoms with van der Waals surface area (Å²) >= 11 is 0. The Labute approximate surface area is 98.4 Å². The summed E-state index contributed by atoms with van der Waals surface area (Å²) in [5.74, 6) is -0.439. The number of rotatable bonds is 4. The molecule has 0 saturated carbocycles. The van der Waals surface area contributed by atoms with Crippen LogP contribution in [0.3, 0.4) is 0 Å². The third-order valence-corrected chi connectivity index (χ3v) is 3.04. The lowest BCUT2D eigenvalue weighted by Gasteiger charge is -2.35. The second-order valence-electron chi connectivity index (χ2n) is 4.26. The zero-order chi connectivity index (χ0) is 12.4. The Bertz CT molecular complexity index is 435. The monoisotopic (exact) mass is 239 g/mol. The molecule has 0 aromatic heterocycles. The van der Waals surface area contributed by atoms with Crippen LogP contribution in [0.25, 0.3) is 0 Å². The summed E-state index contributed by atoms with van der Waals surface area (Å²) < 4.78 is 13.1. The number of hydrogen-bond donors (Lipinski definition) is 1. The highest BCUT2D eigenvalue weighted by atomic mass is 19.1. The number of nitro groups is 1. The molecule has 0 amide bonds. The van der Waals surface area contributed by atoms with Gasteiger partial charge in [-0.25, -0.2) is 4.39 Å². The number of benzene rings is 1. The van der Waals surface area contributed by atoms with Gasteiger partial charge in [0.05, 0.1) is 4.92 Å². The zero-order valence-corrected chi connectivity index (χ0v) is 9.52. The van der Waals surface area contributed by atoms with Crippen LogP contribution in [0.1, 0.15) is 5.56 Å². The smallest absolute Gasteiger partial charge is 0.274 e. The van der Waals surface area contributed by atoms with Gasteiger partial charge in [-0.2, -0.15) is 0 Å². The van der Waals surface area contributed by atoms with E-state index in [4.69, 9.17) is 0 Å². The highest BCUT2D eigenvalue weighted by Gasteiger charge is 2.24. The van der Waals surface area contributed by atoms with E-state index < -0.39 is 10.7 Å². The van der Waals surface area contributed by atoms with E-state index in [1.54, 1.807) is 0 Å². The van der Waals surface area contributed by atoms with Crippen molar-refractivity contribution in [1.29, 1.82) is 0 Å². The molecule has 92 valence electrons. The van der Waals surface area contributed by atoms with E-state index in [1.165, 1.54) is 12.1 Å². The lowest BCUT2D eigenvalue weighted by atomic mass is 10.1. The molecule has 6 heteroatoms. The van der Waals surface area contributed by atoms with E-state index in [2.05, 4.69) is 5.32 Å². The highest BCUT2D eigenvalue weighted by molar-refractivity contribution is 5.40. The second kappa shape index (κ2) is 4.77. The molecule has 0 aliphatic carbocycles. The van der Waals surface area contributed by atoms with Gasteiger partial charge in [0.2, 0.25) is 0 Å². The number of nitrogens with one attached hydrogen (secondary N) is 1. The fourth-order valence-electron chi connectivity index (χ4n) is 1.84. The number of halogens is 1. The van der Waals surface area contributed by atoms with Crippen molar-refractivity contribution in [3.63, 3.8) is 0 Å². The number of hydrogen-bond acceptors (Lipinski definition) is 4. The van der Waals surface area contributed by atoms with Crippen LogP contribution in [0, 0.1) is 15.9 Å². The Morgan fingerprint density at radius 3 is 2.82 bits per heavy atom. The molecule has 0 bridgehead atoms. The fourth-order valence-corrected chi connectivity index (χ4v) is 1.84. The van der Waals surface area contributed by atoms with Crippen LogP contribution in [-0.4, -0.2) is 36.0 Å². The van der Waals surface area contributed by atoms with Crippen molar-refractivity contribution in [2.45, 2.75) is 12.6 Å². The van der Waals surface area contributed by atoms with Gasteiger partial charge in [-0.15, -0.1) is 0 Å². The average molecular weight is 239 g/mol. The van der Waals surface area contributed by atoms with Gasteiger partial charge in [0.15, 0.2) is 0 Å². The van der Waals surface area contributed by atoms with Crippen LogP contribution in [0.2, 0.25) is 0 Å². The molecule has 0 atom stereocenters. The van der Waals surface area contributed by atoms with E-state index in [0.29, 0.717) is 18.2 Å². The molecule has 1 fully saturated rings. The maximum atomic E-state index is 13.1. The Morgan fingerprint density at radius 2 is 2.29 bits per heavy atom. The quantitative estimate of drug-likeness (QED) is 0.632. The van der Waals surface area contributed by atoms with E-state index in [1.807, 2.05) is 11.9 Å². The average Bonchev–Trinajstić information content (AvgIpc) is 2.13. The van der Waals surface area contributed by atoms with Crippen LogP contribution >= 0.6 is 0 Å². The van der Waals surface area contributed by atoms with Gasteiger partial charge < -0.3 is 5.32 Å². The topological polar surface area (TPSA) is 58.4 Å². The van der Waals surface area contributed by atoms with Crippen LogP contribution in [-0.2, 0) is 6.54 Å². The summed E-state index contributed by atoms with van der Waals surface area (Å²) in [5.41, 5.74) is 0.398. The predicted molar refractivity (Wildman–Crippen MR) is 61.2 cm³/mol. The molecule has 1 aromatic rings. The van der Waals surface area contributed by atoms with Crippen LogP contribution < -0.4 is 5.32 Å². The first-order valence-electron chi connectivity index (χ1n) is 5.41. The van der Waals surface area contributed by atoms with Gasteiger partial charge in [0, 0.05) is 37.3 Å². The summed E-state index contributed by atoms with van der Waals surface area (Å²) in [7, 11) is 1.89. The third-order valence-electron chi connectivity index (χ3n) is 3.04. The van der Waals surface area contributed by atoms with Crippen LogP contribution in [0.5, 0.6) is 0 Å². The first-order chi connectivity index (χ1) is 8.08. The molecule has 0 spiro atoms. The molecule has 0 unspecified atom stereocenters. The van der Waals surface area contributed by atoms with E-state index >= 15 is 0 Å². The van der Waals surface area contributed by atoms with Crippen molar-refractivity contribution in [3.8, 4) is 0 Å². The van der Waals surface area contributed by atoms with Crippen molar-refractivity contribution >= 4 is 5.69 Å². The molecule has 1 heterocycles. The Morgan fingerprint density at radius 1 is 1.59 bits per heavy atom. The summed E-state index contributed by atoms with van der Waals surface area (Å²) in [6, 6.07) is 3.95. The second-order valence-corrected chi connectivity index (χ2v) is 4.26. The zero-order valence-electron chi connectivity index (χ0n) is 9.52. The molecule has 0 radical (unpaired) electrons. The molecule has 1 aliphatic heterocycles. The van der Waals surface area contributed by atoms with Gasteiger partial charge in [0.1, 0.15) is 5.82 Å². The lowest BCUT2D eigenvalue weighted by molar-refractivity contribution is -0.385. The molecule has 1 aliphatic rings. The van der Waals surface area contributed by atoms with Crippen molar-refractivity contribution in [1.82, 2.24) is 10.2 Å². The van der Waals surface area contributed by atoms with Gasteiger partial charge in [-0.3, -0.25) is 15.0 Å². The van der Waals surface area contributed by atoms with Gasteiger partial charge in [-0.1, -0.05) is 0 Å². The molecular formula is C11H14FN3O2. The molecule has 1 N–H and O–H groups in total. The summed E-state index contributed by atoms with van der Waals surface area (Å²) in [5, 5.41) is 13.9. The fraction of sp³-hybridized carbons (Fsp3) is 0.455. The maximum absolute atomic E-state index is 13.1. The van der Waals surface area contributed by atoms with Gasteiger partial charge in [-0.05, 0) is 19.2 Å². The Balaban J connectivity index is 2.17. The molecule has 17 heavy (non-hydrogen) atoms. The Kier molecular flexibility index (Phi) is 3.35. The molecular weight excluding hydrogens is 225 g/mol.